The van der Waals surface area contributed by atoms with Gasteiger partial charge in [-0.05, 0) is 30.7 Å². The van der Waals surface area contributed by atoms with Crippen LogP contribution in [0.25, 0.3) is 0 Å². The predicted molar refractivity (Wildman–Crippen MR) is 76.0 cm³/mol. The van der Waals surface area contributed by atoms with Crippen LogP contribution in [0.5, 0.6) is 0 Å². The summed E-state index contributed by atoms with van der Waals surface area (Å²) in [6.07, 6.45) is 0.903. The van der Waals surface area contributed by atoms with Gasteiger partial charge in [-0.15, -0.1) is 11.3 Å². The van der Waals surface area contributed by atoms with Crippen molar-refractivity contribution in [1.82, 2.24) is 5.32 Å². The summed E-state index contributed by atoms with van der Waals surface area (Å²) in [6.45, 7) is 6.11. The third-order valence-corrected chi connectivity index (χ3v) is 3.40. The summed E-state index contributed by atoms with van der Waals surface area (Å²) in [5.41, 5.74) is 0. The normalized spacial score (nSPS) is 12.2. The molecule has 5 heteroatoms. The second kappa shape index (κ2) is 7.94. The van der Waals surface area contributed by atoms with E-state index in [1.165, 1.54) is 11.3 Å². The van der Waals surface area contributed by atoms with Gasteiger partial charge in [-0.2, -0.15) is 0 Å². The van der Waals surface area contributed by atoms with Gasteiger partial charge in [0.25, 0.3) is 0 Å². The number of hydrogen-bond acceptors (Lipinski definition) is 4. The SMILES string of the molecule is CCOC(=O)[C@H](CC(C)C)NC(=O)Cc1cccs1. The van der Waals surface area contributed by atoms with Crippen molar-refractivity contribution in [3.05, 3.63) is 22.4 Å². The quantitative estimate of drug-likeness (QED) is 0.782. The van der Waals surface area contributed by atoms with Crippen LogP contribution in [0.1, 0.15) is 32.1 Å². The molecule has 0 saturated heterocycles. The minimum atomic E-state index is -0.549. The minimum absolute atomic E-state index is 0.138. The van der Waals surface area contributed by atoms with Gasteiger partial charge >= 0.3 is 5.97 Å². The molecule has 0 aliphatic rings. The molecular weight excluding hydrogens is 262 g/mol. The summed E-state index contributed by atoms with van der Waals surface area (Å²) in [4.78, 5) is 24.7. The number of amides is 1. The molecule has 0 saturated carbocycles. The molecule has 0 bridgehead atoms. The van der Waals surface area contributed by atoms with E-state index in [0.717, 1.165) is 4.88 Å². The number of ether oxygens (including phenoxy) is 1. The van der Waals surface area contributed by atoms with Gasteiger partial charge in [-0.3, -0.25) is 4.79 Å². The summed E-state index contributed by atoms with van der Waals surface area (Å²) < 4.78 is 4.99. The zero-order chi connectivity index (χ0) is 14.3. The van der Waals surface area contributed by atoms with Crippen LogP contribution in [0.3, 0.4) is 0 Å². The fourth-order valence-corrected chi connectivity index (χ4v) is 2.45. The van der Waals surface area contributed by atoms with E-state index >= 15 is 0 Å². The van der Waals surface area contributed by atoms with Gasteiger partial charge < -0.3 is 10.1 Å². The van der Waals surface area contributed by atoms with Crippen molar-refractivity contribution in [2.24, 2.45) is 5.92 Å². The molecule has 1 aromatic rings. The van der Waals surface area contributed by atoms with Crippen LogP contribution in [-0.2, 0) is 20.7 Å². The first kappa shape index (κ1) is 15.7. The molecular formula is C14H21NO3S. The highest BCUT2D eigenvalue weighted by molar-refractivity contribution is 7.10. The van der Waals surface area contributed by atoms with Gasteiger partial charge in [-0.1, -0.05) is 19.9 Å². The molecule has 19 heavy (non-hydrogen) atoms. The van der Waals surface area contributed by atoms with Crippen molar-refractivity contribution in [3.63, 3.8) is 0 Å². The van der Waals surface area contributed by atoms with E-state index < -0.39 is 6.04 Å². The maximum atomic E-state index is 11.9. The second-order valence-electron chi connectivity index (χ2n) is 4.76. The van der Waals surface area contributed by atoms with Crippen molar-refractivity contribution < 1.29 is 14.3 Å². The van der Waals surface area contributed by atoms with Gasteiger partial charge in [0.2, 0.25) is 5.91 Å². The highest BCUT2D eigenvalue weighted by atomic mass is 32.1. The molecule has 0 spiro atoms. The molecule has 4 nitrogen and oxygen atoms in total. The van der Waals surface area contributed by atoms with E-state index in [-0.39, 0.29) is 11.9 Å². The number of thiophene rings is 1. The molecule has 1 aromatic heterocycles. The van der Waals surface area contributed by atoms with E-state index in [4.69, 9.17) is 4.74 Å². The first-order valence-corrected chi connectivity index (χ1v) is 7.39. The number of carbonyl (C=O) groups excluding carboxylic acids is 2. The highest BCUT2D eigenvalue weighted by Crippen LogP contribution is 2.10. The number of esters is 1. The lowest BCUT2D eigenvalue weighted by Crippen LogP contribution is -2.43. The van der Waals surface area contributed by atoms with Gasteiger partial charge in [-0.25, -0.2) is 4.79 Å². The molecule has 1 amide bonds. The zero-order valence-corrected chi connectivity index (χ0v) is 12.5. The number of nitrogens with one attached hydrogen (secondary N) is 1. The van der Waals surface area contributed by atoms with Gasteiger partial charge in [0, 0.05) is 4.88 Å². The molecule has 1 rings (SSSR count). The van der Waals surface area contributed by atoms with Gasteiger partial charge in [0.1, 0.15) is 6.04 Å². The van der Waals surface area contributed by atoms with Crippen LogP contribution < -0.4 is 5.32 Å². The second-order valence-corrected chi connectivity index (χ2v) is 5.79. The zero-order valence-electron chi connectivity index (χ0n) is 11.6. The molecule has 0 aliphatic carbocycles. The molecule has 0 unspecified atom stereocenters. The largest absolute Gasteiger partial charge is 0.464 e. The van der Waals surface area contributed by atoms with Crippen molar-refractivity contribution in [1.29, 1.82) is 0 Å². The third-order valence-electron chi connectivity index (χ3n) is 2.53. The maximum Gasteiger partial charge on any atom is 0.328 e. The standard InChI is InChI=1S/C14H21NO3S/c1-4-18-14(17)12(8-10(2)3)15-13(16)9-11-6-5-7-19-11/h5-7,10,12H,4,8-9H2,1-3H3,(H,15,16)/t12-/m0/s1. The topological polar surface area (TPSA) is 55.4 Å². The Kier molecular flexibility index (Phi) is 6.56. The lowest BCUT2D eigenvalue weighted by atomic mass is 10.0. The Morgan fingerprint density at radius 1 is 1.42 bits per heavy atom. The van der Waals surface area contributed by atoms with Crippen molar-refractivity contribution >= 4 is 23.2 Å². The molecule has 106 valence electrons. The molecule has 0 radical (unpaired) electrons. The molecule has 0 fully saturated rings. The first-order valence-electron chi connectivity index (χ1n) is 6.51. The predicted octanol–water partition coefficient (Wildman–Crippen LogP) is 2.38. The molecule has 0 aliphatic heterocycles. The smallest absolute Gasteiger partial charge is 0.328 e. The maximum absolute atomic E-state index is 11.9. The third kappa shape index (κ3) is 5.87. The minimum Gasteiger partial charge on any atom is -0.464 e. The van der Waals surface area contributed by atoms with E-state index in [9.17, 15) is 9.59 Å². The van der Waals surface area contributed by atoms with Gasteiger partial charge in [0.05, 0.1) is 13.0 Å². The summed E-state index contributed by atoms with van der Waals surface area (Å²) >= 11 is 1.53. The van der Waals surface area contributed by atoms with Gasteiger partial charge in [0.15, 0.2) is 0 Å². The Bertz CT molecular complexity index is 401. The highest BCUT2D eigenvalue weighted by Gasteiger charge is 2.23. The monoisotopic (exact) mass is 283 g/mol. The average Bonchev–Trinajstić information content (AvgIpc) is 2.80. The van der Waals surface area contributed by atoms with E-state index in [1.54, 1.807) is 6.92 Å². The van der Waals surface area contributed by atoms with Crippen molar-refractivity contribution in [3.8, 4) is 0 Å². The lowest BCUT2D eigenvalue weighted by Gasteiger charge is -2.18. The Hall–Kier alpha value is -1.36. The Labute approximate surface area is 118 Å². The van der Waals surface area contributed by atoms with Crippen LogP contribution in [0.15, 0.2) is 17.5 Å². The lowest BCUT2D eigenvalue weighted by molar-refractivity contribution is -0.147. The Balaban J connectivity index is 2.55. The fourth-order valence-electron chi connectivity index (χ4n) is 1.75. The van der Waals surface area contributed by atoms with Crippen molar-refractivity contribution in [2.45, 2.75) is 39.7 Å². The Morgan fingerprint density at radius 2 is 2.16 bits per heavy atom. The number of hydrogen-bond donors (Lipinski definition) is 1. The summed E-state index contributed by atoms with van der Waals surface area (Å²) in [6, 6.07) is 3.27. The van der Waals surface area contributed by atoms with Crippen LogP contribution >= 0.6 is 11.3 Å². The molecule has 0 aromatic carbocycles. The molecule has 1 N–H and O–H groups in total. The van der Waals surface area contributed by atoms with E-state index in [0.29, 0.717) is 25.4 Å². The van der Waals surface area contributed by atoms with Crippen LogP contribution in [0, 0.1) is 5.92 Å². The molecule has 1 atom stereocenters. The van der Waals surface area contributed by atoms with Crippen LogP contribution in [0.2, 0.25) is 0 Å². The first-order chi connectivity index (χ1) is 9.02. The van der Waals surface area contributed by atoms with E-state index in [1.807, 2.05) is 31.4 Å². The Morgan fingerprint density at radius 3 is 2.68 bits per heavy atom. The molecule has 1 heterocycles. The number of carbonyl (C=O) groups is 2. The van der Waals surface area contributed by atoms with E-state index in [2.05, 4.69) is 5.32 Å². The number of rotatable bonds is 7. The fraction of sp³-hybridized carbons (Fsp3) is 0.571. The summed E-state index contributed by atoms with van der Waals surface area (Å²) in [7, 11) is 0. The summed E-state index contributed by atoms with van der Waals surface area (Å²) in [5, 5.41) is 4.69. The average molecular weight is 283 g/mol. The summed E-state index contributed by atoms with van der Waals surface area (Å²) in [5.74, 6) is -0.173. The van der Waals surface area contributed by atoms with Crippen molar-refractivity contribution in [2.75, 3.05) is 6.61 Å². The van der Waals surface area contributed by atoms with Crippen LogP contribution in [0.4, 0.5) is 0 Å². The van der Waals surface area contributed by atoms with Crippen LogP contribution in [-0.4, -0.2) is 24.5 Å².